The van der Waals surface area contributed by atoms with Crippen LogP contribution in [0.3, 0.4) is 0 Å². The first-order valence-electron chi connectivity index (χ1n) is 6.00. The maximum Gasteiger partial charge on any atom is 0.339 e. The van der Waals surface area contributed by atoms with Crippen molar-refractivity contribution in [2.75, 3.05) is 0 Å². The van der Waals surface area contributed by atoms with Crippen LogP contribution in [-0.4, -0.2) is 21.1 Å². The SMILES string of the molecule is O=C(O)c1cc([N+](=O)[O-])c(OCc2ccc(Cl)cc2)cc1O. The molecule has 0 atom stereocenters. The van der Waals surface area contributed by atoms with E-state index >= 15 is 0 Å². The monoisotopic (exact) mass is 323 g/mol. The fourth-order valence-corrected chi connectivity index (χ4v) is 1.85. The Morgan fingerprint density at radius 3 is 2.45 bits per heavy atom. The van der Waals surface area contributed by atoms with Crippen LogP contribution in [-0.2, 0) is 6.61 Å². The molecular weight excluding hydrogens is 314 g/mol. The third-order valence-electron chi connectivity index (χ3n) is 2.81. The molecule has 2 rings (SSSR count). The summed E-state index contributed by atoms with van der Waals surface area (Å²) in [4.78, 5) is 21.1. The van der Waals surface area contributed by atoms with Crippen molar-refractivity contribution >= 4 is 23.3 Å². The quantitative estimate of drug-likeness (QED) is 0.645. The number of carboxylic acid groups (broad SMARTS) is 1. The third kappa shape index (κ3) is 3.44. The molecule has 0 aromatic heterocycles. The lowest BCUT2D eigenvalue weighted by Gasteiger charge is -2.09. The Hall–Kier alpha value is -2.80. The van der Waals surface area contributed by atoms with Gasteiger partial charge in [0.2, 0.25) is 5.75 Å². The van der Waals surface area contributed by atoms with Gasteiger partial charge in [-0.1, -0.05) is 23.7 Å². The molecule has 0 aliphatic rings. The summed E-state index contributed by atoms with van der Waals surface area (Å²) in [6.07, 6.45) is 0. The van der Waals surface area contributed by atoms with Crippen LogP contribution in [0, 0.1) is 10.1 Å². The van der Waals surface area contributed by atoms with Crippen molar-refractivity contribution in [1.29, 1.82) is 0 Å². The molecule has 22 heavy (non-hydrogen) atoms. The molecule has 0 unspecified atom stereocenters. The van der Waals surface area contributed by atoms with Crippen LogP contribution in [0.4, 0.5) is 5.69 Å². The predicted octanol–water partition coefficient (Wildman–Crippen LogP) is 3.23. The van der Waals surface area contributed by atoms with Crippen LogP contribution >= 0.6 is 11.6 Å². The highest BCUT2D eigenvalue weighted by Crippen LogP contribution is 2.34. The normalized spacial score (nSPS) is 10.2. The van der Waals surface area contributed by atoms with Gasteiger partial charge in [0.05, 0.1) is 4.92 Å². The Morgan fingerprint density at radius 2 is 1.91 bits per heavy atom. The minimum atomic E-state index is -1.47. The fraction of sp³-hybridized carbons (Fsp3) is 0.0714. The minimum absolute atomic E-state index is 0.00384. The number of hydrogen-bond donors (Lipinski definition) is 2. The van der Waals surface area contributed by atoms with Gasteiger partial charge in [0, 0.05) is 17.2 Å². The summed E-state index contributed by atoms with van der Waals surface area (Å²) in [5, 5.41) is 30.0. The van der Waals surface area contributed by atoms with E-state index < -0.39 is 27.9 Å². The lowest BCUT2D eigenvalue weighted by Crippen LogP contribution is -2.03. The molecule has 0 aliphatic carbocycles. The number of aromatic hydroxyl groups is 1. The van der Waals surface area contributed by atoms with Gasteiger partial charge in [-0.25, -0.2) is 4.79 Å². The summed E-state index contributed by atoms with van der Waals surface area (Å²) in [6.45, 7) is 0.00384. The first kappa shape index (κ1) is 15.6. The van der Waals surface area contributed by atoms with E-state index in [1.807, 2.05) is 0 Å². The van der Waals surface area contributed by atoms with E-state index in [1.165, 1.54) is 0 Å². The van der Waals surface area contributed by atoms with Crippen LogP contribution in [0.5, 0.6) is 11.5 Å². The van der Waals surface area contributed by atoms with Gasteiger partial charge >= 0.3 is 11.7 Å². The second kappa shape index (κ2) is 6.31. The first-order chi connectivity index (χ1) is 10.4. The van der Waals surface area contributed by atoms with Crippen molar-refractivity contribution in [2.24, 2.45) is 0 Å². The van der Waals surface area contributed by atoms with E-state index in [9.17, 15) is 20.0 Å². The summed E-state index contributed by atoms with van der Waals surface area (Å²) < 4.78 is 5.30. The molecule has 0 saturated carbocycles. The highest BCUT2D eigenvalue weighted by Gasteiger charge is 2.22. The molecule has 8 heteroatoms. The number of phenols is 1. The van der Waals surface area contributed by atoms with Crippen molar-refractivity contribution in [3.05, 3.63) is 62.7 Å². The number of carboxylic acids is 1. The zero-order chi connectivity index (χ0) is 16.3. The van der Waals surface area contributed by atoms with Crippen LogP contribution < -0.4 is 4.74 Å². The van der Waals surface area contributed by atoms with E-state index in [1.54, 1.807) is 24.3 Å². The van der Waals surface area contributed by atoms with Crippen molar-refractivity contribution < 1.29 is 24.7 Å². The minimum Gasteiger partial charge on any atom is -0.507 e. The molecule has 114 valence electrons. The Bertz CT molecular complexity index is 729. The molecule has 0 fully saturated rings. The highest BCUT2D eigenvalue weighted by atomic mass is 35.5. The molecule has 2 aromatic carbocycles. The number of rotatable bonds is 5. The van der Waals surface area contributed by atoms with Crippen LogP contribution in [0.2, 0.25) is 5.02 Å². The molecule has 0 spiro atoms. The molecule has 0 heterocycles. The number of carbonyl (C=O) groups is 1. The standard InChI is InChI=1S/C14H10ClNO6/c15-9-3-1-8(2-4-9)7-22-13-6-12(17)10(14(18)19)5-11(13)16(20)21/h1-6,17H,7H2,(H,18,19). The van der Waals surface area contributed by atoms with Gasteiger partial charge in [-0.2, -0.15) is 0 Å². The van der Waals surface area contributed by atoms with E-state index in [4.69, 9.17) is 21.4 Å². The maximum absolute atomic E-state index is 11.0. The van der Waals surface area contributed by atoms with Crippen molar-refractivity contribution in [3.8, 4) is 11.5 Å². The first-order valence-corrected chi connectivity index (χ1v) is 6.38. The number of nitro groups is 1. The van der Waals surface area contributed by atoms with Gasteiger partial charge < -0.3 is 14.9 Å². The molecule has 2 aromatic rings. The van der Waals surface area contributed by atoms with Crippen LogP contribution in [0.25, 0.3) is 0 Å². The smallest absolute Gasteiger partial charge is 0.339 e. The van der Waals surface area contributed by atoms with E-state index in [-0.39, 0.29) is 12.4 Å². The lowest BCUT2D eigenvalue weighted by atomic mass is 10.1. The summed E-state index contributed by atoms with van der Waals surface area (Å²) in [7, 11) is 0. The van der Waals surface area contributed by atoms with Gasteiger partial charge in [0.15, 0.2) is 0 Å². The third-order valence-corrected chi connectivity index (χ3v) is 3.06. The van der Waals surface area contributed by atoms with Crippen molar-refractivity contribution in [1.82, 2.24) is 0 Å². The largest absolute Gasteiger partial charge is 0.507 e. The second-order valence-corrected chi connectivity index (χ2v) is 4.75. The number of hydrogen-bond acceptors (Lipinski definition) is 5. The molecule has 0 amide bonds. The fourth-order valence-electron chi connectivity index (χ4n) is 1.73. The highest BCUT2D eigenvalue weighted by molar-refractivity contribution is 6.30. The Labute approximate surface area is 129 Å². The number of nitrogens with zero attached hydrogens (tertiary/aromatic N) is 1. The van der Waals surface area contributed by atoms with Gasteiger partial charge in [-0.3, -0.25) is 10.1 Å². The number of benzene rings is 2. The van der Waals surface area contributed by atoms with E-state index in [0.717, 1.165) is 12.1 Å². The Balaban J connectivity index is 2.29. The number of aromatic carboxylic acids is 1. The predicted molar refractivity (Wildman–Crippen MR) is 77.5 cm³/mol. The molecule has 0 radical (unpaired) electrons. The lowest BCUT2D eigenvalue weighted by molar-refractivity contribution is -0.386. The van der Waals surface area contributed by atoms with Crippen molar-refractivity contribution in [3.63, 3.8) is 0 Å². The molecule has 2 N–H and O–H groups in total. The summed E-state index contributed by atoms with van der Waals surface area (Å²) in [5.74, 6) is -2.29. The number of nitro benzene ring substituents is 1. The molecule has 7 nitrogen and oxygen atoms in total. The van der Waals surface area contributed by atoms with Crippen molar-refractivity contribution in [2.45, 2.75) is 6.61 Å². The van der Waals surface area contributed by atoms with E-state index in [0.29, 0.717) is 10.6 Å². The van der Waals surface area contributed by atoms with Gasteiger partial charge in [-0.15, -0.1) is 0 Å². The van der Waals surface area contributed by atoms with Crippen LogP contribution in [0.15, 0.2) is 36.4 Å². The number of halogens is 1. The zero-order valence-corrected chi connectivity index (χ0v) is 11.8. The van der Waals surface area contributed by atoms with E-state index in [2.05, 4.69) is 0 Å². The Morgan fingerprint density at radius 1 is 1.27 bits per heavy atom. The van der Waals surface area contributed by atoms with Gasteiger partial charge in [0.25, 0.3) is 0 Å². The maximum atomic E-state index is 11.0. The Kier molecular flexibility index (Phi) is 4.47. The summed E-state index contributed by atoms with van der Waals surface area (Å²) >= 11 is 5.74. The molecule has 0 bridgehead atoms. The summed E-state index contributed by atoms with van der Waals surface area (Å²) in [5.41, 5.74) is -0.393. The molecule has 0 saturated heterocycles. The van der Waals surface area contributed by atoms with Crippen LogP contribution in [0.1, 0.15) is 15.9 Å². The zero-order valence-electron chi connectivity index (χ0n) is 11.0. The second-order valence-electron chi connectivity index (χ2n) is 4.31. The number of ether oxygens (including phenoxy) is 1. The summed E-state index contributed by atoms with van der Waals surface area (Å²) in [6, 6.07) is 8.31. The topological polar surface area (TPSA) is 110 Å². The molecule has 0 aliphatic heterocycles. The van der Waals surface area contributed by atoms with Gasteiger partial charge in [0.1, 0.15) is 17.9 Å². The average molecular weight is 324 g/mol. The molecular formula is C14H10ClNO6. The van der Waals surface area contributed by atoms with Gasteiger partial charge in [-0.05, 0) is 17.7 Å². The average Bonchev–Trinajstić information content (AvgIpc) is 2.46.